The van der Waals surface area contributed by atoms with Gasteiger partial charge in [0.2, 0.25) is 0 Å². The van der Waals surface area contributed by atoms with Crippen LogP contribution in [-0.4, -0.2) is 79.6 Å². The first-order valence-corrected chi connectivity index (χ1v) is 10.4. The lowest BCUT2D eigenvalue weighted by molar-refractivity contribution is 0.0643. The van der Waals surface area contributed by atoms with Gasteiger partial charge in [0.05, 0.1) is 5.69 Å². The third-order valence-electron chi connectivity index (χ3n) is 5.90. The van der Waals surface area contributed by atoms with Crippen molar-refractivity contribution in [2.45, 2.75) is 6.92 Å². The van der Waals surface area contributed by atoms with Crippen LogP contribution >= 0.6 is 0 Å². The van der Waals surface area contributed by atoms with Crippen LogP contribution in [0.3, 0.4) is 0 Å². The van der Waals surface area contributed by atoms with Crippen LogP contribution in [0.1, 0.15) is 17.3 Å². The number of carbonyl (C=O) groups excluding carboxylic acids is 1. The lowest BCUT2D eigenvalue weighted by Gasteiger charge is -2.37. The van der Waals surface area contributed by atoms with Crippen molar-refractivity contribution in [1.82, 2.24) is 14.8 Å². The largest absolute Gasteiger partial charge is 0.366 e. The van der Waals surface area contributed by atoms with Crippen LogP contribution < -0.4 is 9.80 Å². The standard InChI is InChI=1S/C22H28FN5O/c1-2-25-9-11-28(12-10-25)22(29)18-7-8-24-21(17-18)27-15-13-26(14-16-27)20-6-4-3-5-19(20)23/h3-8,17H,2,9-16H2,1H3. The van der Waals surface area contributed by atoms with Crippen molar-refractivity contribution in [1.29, 1.82) is 0 Å². The normalized spacial score (nSPS) is 18.2. The summed E-state index contributed by atoms with van der Waals surface area (Å²) in [6.07, 6.45) is 1.72. The van der Waals surface area contributed by atoms with E-state index < -0.39 is 0 Å². The number of hydrogen-bond acceptors (Lipinski definition) is 5. The van der Waals surface area contributed by atoms with Crippen LogP contribution in [0.4, 0.5) is 15.9 Å². The number of pyridine rings is 1. The van der Waals surface area contributed by atoms with Gasteiger partial charge in [0, 0.05) is 64.1 Å². The van der Waals surface area contributed by atoms with Gasteiger partial charge in [-0.2, -0.15) is 0 Å². The number of halogens is 1. The van der Waals surface area contributed by atoms with Crippen molar-refractivity contribution in [3.63, 3.8) is 0 Å². The summed E-state index contributed by atoms with van der Waals surface area (Å²) in [6.45, 7) is 9.51. The fraction of sp³-hybridized carbons (Fsp3) is 0.455. The van der Waals surface area contributed by atoms with Gasteiger partial charge in [-0.3, -0.25) is 4.79 Å². The highest BCUT2D eigenvalue weighted by atomic mass is 19.1. The SMILES string of the molecule is CCN1CCN(C(=O)c2ccnc(N3CCN(c4ccccc4F)CC3)c2)CC1. The van der Waals surface area contributed by atoms with E-state index in [1.807, 2.05) is 23.1 Å². The fourth-order valence-electron chi connectivity index (χ4n) is 4.06. The summed E-state index contributed by atoms with van der Waals surface area (Å²) in [4.78, 5) is 25.9. The van der Waals surface area contributed by atoms with E-state index in [9.17, 15) is 9.18 Å². The van der Waals surface area contributed by atoms with Gasteiger partial charge in [-0.25, -0.2) is 9.37 Å². The molecule has 0 N–H and O–H groups in total. The van der Waals surface area contributed by atoms with E-state index in [0.29, 0.717) is 11.3 Å². The van der Waals surface area contributed by atoms with Gasteiger partial charge in [0.1, 0.15) is 11.6 Å². The van der Waals surface area contributed by atoms with Crippen LogP contribution in [-0.2, 0) is 0 Å². The number of hydrogen-bond donors (Lipinski definition) is 0. The molecule has 0 saturated carbocycles. The zero-order chi connectivity index (χ0) is 20.2. The molecule has 0 aliphatic carbocycles. The Morgan fingerprint density at radius 3 is 2.34 bits per heavy atom. The number of benzene rings is 1. The zero-order valence-corrected chi connectivity index (χ0v) is 16.9. The predicted octanol–water partition coefficient (Wildman–Crippen LogP) is 2.33. The monoisotopic (exact) mass is 397 g/mol. The highest BCUT2D eigenvalue weighted by Crippen LogP contribution is 2.22. The maximum Gasteiger partial charge on any atom is 0.254 e. The Labute approximate surface area is 171 Å². The molecule has 0 bridgehead atoms. The first-order valence-electron chi connectivity index (χ1n) is 10.4. The highest BCUT2D eigenvalue weighted by Gasteiger charge is 2.24. The Bertz CT molecular complexity index is 845. The molecule has 2 fully saturated rings. The first kappa shape index (κ1) is 19.6. The summed E-state index contributed by atoms with van der Waals surface area (Å²) < 4.78 is 14.0. The number of rotatable bonds is 4. The third-order valence-corrected chi connectivity index (χ3v) is 5.90. The quantitative estimate of drug-likeness (QED) is 0.792. The molecule has 2 aliphatic heterocycles. The second-order valence-electron chi connectivity index (χ2n) is 7.55. The maximum absolute atomic E-state index is 14.0. The number of amides is 1. The summed E-state index contributed by atoms with van der Waals surface area (Å²) in [6, 6.07) is 10.6. The van der Waals surface area contributed by atoms with E-state index in [1.54, 1.807) is 18.3 Å². The molecule has 2 aromatic rings. The van der Waals surface area contributed by atoms with Gasteiger partial charge in [-0.05, 0) is 30.8 Å². The van der Waals surface area contributed by atoms with E-state index in [1.165, 1.54) is 6.07 Å². The molecule has 1 aromatic heterocycles. The van der Waals surface area contributed by atoms with Crippen LogP contribution in [0.25, 0.3) is 0 Å². The summed E-state index contributed by atoms with van der Waals surface area (Å²) in [5, 5.41) is 0. The number of likely N-dealkylation sites (N-methyl/N-ethyl adjacent to an activating group) is 1. The molecule has 7 heteroatoms. The van der Waals surface area contributed by atoms with E-state index in [-0.39, 0.29) is 11.7 Å². The Hall–Kier alpha value is -2.67. The minimum Gasteiger partial charge on any atom is -0.366 e. The highest BCUT2D eigenvalue weighted by molar-refractivity contribution is 5.95. The fourth-order valence-corrected chi connectivity index (χ4v) is 4.06. The van der Waals surface area contributed by atoms with Gasteiger partial charge in [-0.15, -0.1) is 0 Å². The predicted molar refractivity (Wildman–Crippen MR) is 113 cm³/mol. The van der Waals surface area contributed by atoms with Crippen LogP contribution in [0.5, 0.6) is 0 Å². The lowest BCUT2D eigenvalue weighted by Crippen LogP contribution is -2.48. The molecule has 6 nitrogen and oxygen atoms in total. The van der Waals surface area contributed by atoms with Gasteiger partial charge in [-0.1, -0.05) is 19.1 Å². The lowest BCUT2D eigenvalue weighted by atomic mass is 10.2. The Morgan fingerprint density at radius 2 is 1.66 bits per heavy atom. The molecule has 3 heterocycles. The number of anilines is 2. The molecule has 0 radical (unpaired) electrons. The number of para-hydroxylation sites is 1. The van der Waals surface area contributed by atoms with Crippen molar-refractivity contribution in [3.05, 3.63) is 54.0 Å². The van der Waals surface area contributed by atoms with Crippen LogP contribution in [0.15, 0.2) is 42.6 Å². The molecular weight excluding hydrogens is 369 g/mol. The summed E-state index contributed by atoms with van der Waals surface area (Å²) in [5.41, 5.74) is 1.34. The second kappa shape index (κ2) is 8.78. The molecule has 29 heavy (non-hydrogen) atoms. The Kier molecular flexibility index (Phi) is 5.94. The molecule has 1 amide bonds. The minimum atomic E-state index is -0.185. The molecule has 1 aromatic carbocycles. The maximum atomic E-state index is 14.0. The van der Waals surface area contributed by atoms with Gasteiger partial charge < -0.3 is 19.6 Å². The minimum absolute atomic E-state index is 0.0781. The molecule has 0 atom stereocenters. The molecule has 154 valence electrons. The molecule has 2 saturated heterocycles. The summed E-state index contributed by atoms with van der Waals surface area (Å²) in [5.74, 6) is 0.709. The van der Waals surface area contributed by atoms with E-state index >= 15 is 0 Å². The van der Waals surface area contributed by atoms with Crippen molar-refractivity contribution in [2.24, 2.45) is 0 Å². The second-order valence-corrected chi connectivity index (χ2v) is 7.55. The van der Waals surface area contributed by atoms with Crippen molar-refractivity contribution in [2.75, 3.05) is 68.7 Å². The van der Waals surface area contributed by atoms with Crippen molar-refractivity contribution >= 4 is 17.4 Å². The van der Waals surface area contributed by atoms with E-state index in [4.69, 9.17) is 0 Å². The van der Waals surface area contributed by atoms with Crippen molar-refractivity contribution in [3.8, 4) is 0 Å². The van der Waals surface area contributed by atoms with Crippen LogP contribution in [0.2, 0.25) is 0 Å². The van der Waals surface area contributed by atoms with Gasteiger partial charge in [0.25, 0.3) is 5.91 Å². The Balaban J connectivity index is 1.39. The third kappa shape index (κ3) is 4.34. The average molecular weight is 397 g/mol. The number of nitrogens with zero attached hydrogens (tertiary/aromatic N) is 5. The molecule has 2 aliphatic rings. The smallest absolute Gasteiger partial charge is 0.254 e. The van der Waals surface area contributed by atoms with E-state index in [0.717, 1.165) is 64.7 Å². The number of carbonyl (C=O) groups is 1. The molecular formula is C22H28FN5O. The number of piperazine rings is 2. The van der Waals surface area contributed by atoms with Crippen molar-refractivity contribution < 1.29 is 9.18 Å². The molecule has 0 unspecified atom stereocenters. The van der Waals surface area contributed by atoms with Crippen LogP contribution in [0, 0.1) is 5.82 Å². The summed E-state index contributed by atoms with van der Waals surface area (Å²) in [7, 11) is 0. The Morgan fingerprint density at radius 1 is 0.966 bits per heavy atom. The number of aromatic nitrogens is 1. The summed E-state index contributed by atoms with van der Waals surface area (Å²) >= 11 is 0. The zero-order valence-electron chi connectivity index (χ0n) is 16.9. The van der Waals surface area contributed by atoms with Gasteiger partial charge >= 0.3 is 0 Å². The molecule has 0 spiro atoms. The molecule has 4 rings (SSSR count). The first-order chi connectivity index (χ1) is 14.2. The average Bonchev–Trinajstić information content (AvgIpc) is 2.79. The van der Waals surface area contributed by atoms with Gasteiger partial charge in [0.15, 0.2) is 0 Å². The topological polar surface area (TPSA) is 42.9 Å². The van der Waals surface area contributed by atoms with E-state index in [2.05, 4.69) is 26.6 Å².